The first-order valence-electron chi connectivity index (χ1n) is 8.19. The van der Waals surface area contributed by atoms with E-state index in [1.54, 1.807) is 27.9 Å². The van der Waals surface area contributed by atoms with Gasteiger partial charge in [0.15, 0.2) is 0 Å². The van der Waals surface area contributed by atoms with Crippen LogP contribution in [0.25, 0.3) is 0 Å². The first kappa shape index (κ1) is 17.5. The summed E-state index contributed by atoms with van der Waals surface area (Å²) in [6, 6.07) is 7.17. The average Bonchev–Trinajstić information content (AvgIpc) is 3.20. The van der Waals surface area contributed by atoms with Crippen LogP contribution in [-0.2, 0) is 16.1 Å². The first-order chi connectivity index (χ1) is 11.9. The van der Waals surface area contributed by atoms with E-state index in [4.69, 9.17) is 11.6 Å². The number of carboxylic acid groups (broad SMARTS) is 1. The Balaban J connectivity index is 1.67. The van der Waals surface area contributed by atoms with Crippen LogP contribution >= 0.6 is 11.6 Å². The summed E-state index contributed by atoms with van der Waals surface area (Å²) < 4.78 is 1.73. The standard InChI is InChI=1S/C18H20ClN3O3/c1-12-8-20-22(9-12)7-6-17(23)21-10-15(16(11-21)18(24)25)13-2-4-14(19)5-3-13/h2-5,8-9,15-16H,6-7,10-11H2,1H3,(H,24,25)/t15-,16+/m0/s1. The first-order valence-corrected chi connectivity index (χ1v) is 8.57. The van der Waals surface area contributed by atoms with Crippen molar-refractivity contribution in [1.82, 2.24) is 14.7 Å². The number of hydrogen-bond donors (Lipinski definition) is 1. The Kier molecular flexibility index (Phi) is 5.08. The second-order valence-electron chi connectivity index (χ2n) is 6.43. The summed E-state index contributed by atoms with van der Waals surface area (Å²) in [5.41, 5.74) is 1.94. The van der Waals surface area contributed by atoms with E-state index in [1.807, 2.05) is 25.3 Å². The van der Waals surface area contributed by atoms with E-state index in [1.165, 1.54) is 0 Å². The molecule has 1 aliphatic rings. The molecule has 7 heteroatoms. The number of halogens is 1. The molecule has 0 radical (unpaired) electrons. The van der Waals surface area contributed by atoms with E-state index in [0.29, 0.717) is 24.5 Å². The van der Waals surface area contributed by atoms with Gasteiger partial charge in [-0.3, -0.25) is 14.3 Å². The van der Waals surface area contributed by atoms with Gasteiger partial charge < -0.3 is 10.0 Å². The predicted molar refractivity (Wildman–Crippen MR) is 93.5 cm³/mol. The smallest absolute Gasteiger partial charge is 0.308 e. The topological polar surface area (TPSA) is 75.4 Å². The van der Waals surface area contributed by atoms with Gasteiger partial charge in [-0.05, 0) is 30.2 Å². The van der Waals surface area contributed by atoms with Crippen molar-refractivity contribution in [2.24, 2.45) is 5.92 Å². The molecule has 2 heterocycles. The summed E-state index contributed by atoms with van der Waals surface area (Å²) >= 11 is 5.91. The van der Waals surface area contributed by atoms with E-state index < -0.39 is 11.9 Å². The second-order valence-corrected chi connectivity index (χ2v) is 6.87. The number of nitrogens with zero attached hydrogens (tertiary/aromatic N) is 3. The molecular weight excluding hydrogens is 342 g/mol. The molecule has 1 amide bonds. The third-order valence-corrected chi connectivity index (χ3v) is 4.86. The fourth-order valence-electron chi connectivity index (χ4n) is 3.26. The molecule has 1 aromatic carbocycles. The van der Waals surface area contributed by atoms with Crippen LogP contribution in [-0.4, -0.2) is 44.8 Å². The SMILES string of the molecule is Cc1cnn(CCC(=O)N2C[C@@H](C(=O)O)[C@H](c3ccc(Cl)cc3)C2)c1. The maximum Gasteiger partial charge on any atom is 0.308 e. The maximum atomic E-state index is 12.5. The van der Waals surface area contributed by atoms with Crippen molar-refractivity contribution >= 4 is 23.5 Å². The molecule has 2 atom stereocenters. The van der Waals surface area contributed by atoms with Crippen LogP contribution in [0.15, 0.2) is 36.7 Å². The van der Waals surface area contributed by atoms with Gasteiger partial charge in [-0.2, -0.15) is 5.10 Å². The molecule has 0 aliphatic carbocycles. The predicted octanol–water partition coefficient (Wildman–Crippen LogP) is 2.56. The lowest BCUT2D eigenvalue weighted by molar-refractivity contribution is -0.141. The van der Waals surface area contributed by atoms with Crippen LogP contribution in [0.2, 0.25) is 5.02 Å². The van der Waals surface area contributed by atoms with Gasteiger partial charge in [0, 0.05) is 43.2 Å². The molecule has 2 aromatic rings. The minimum Gasteiger partial charge on any atom is -0.481 e. The highest BCUT2D eigenvalue weighted by molar-refractivity contribution is 6.30. The lowest BCUT2D eigenvalue weighted by Gasteiger charge is -2.16. The lowest BCUT2D eigenvalue weighted by Crippen LogP contribution is -2.30. The molecular formula is C18H20ClN3O3. The van der Waals surface area contributed by atoms with Crippen molar-refractivity contribution in [2.75, 3.05) is 13.1 Å². The van der Waals surface area contributed by atoms with Crippen molar-refractivity contribution < 1.29 is 14.7 Å². The van der Waals surface area contributed by atoms with Gasteiger partial charge in [-0.25, -0.2) is 0 Å². The molecule has 1 N–H and O–H groups in total. The van der Waals surface area contributed by atoms with Gasteiger partial charge in [0.1, 0.15) is 0 Å². The van der Waals surface area contributed by atoms with Gasteiger partial charge in [-0.1, -0.05) is 23.7 Å². The molecule has 0 bridgehead atoms. The maximum absolute atomic E-state index is 12.5. The summed E-state index contributed by atoms with van der Waals surface area (Å²) in [6.07, 6.45) is 3.94. The van der Waals surface area contributed by atoms with Gasteiger partial charge in [0.05, 0.1) is 12.1 Å². The molecule has 132 valence electrons. The molecule has 0 saturated carbocycles. The van der Waals surface area contributed by atoms with Crippen LogP contribution in [0.1, 0.15) is 23.5 Å². The van der Waals surface area contributed by atoms with Gasteiger partial charge >= 0.3 is 5.97 Å². The van der Waals surface area contributed by atoms with Crippen molar-refractivity contribution in [3.8, 4) is 0 Å². The Labute approximate surface area is 151 Å². The fourth-order valence-corrected chi connectivity index (χ4v) is 3.39. The number of aromatic nitrogens is 2. The lowest BCUT2D eigenvalue weighted by atomic mass is 9.89. The second kappa shape index (κ2) is 7.27. The summed E-state index contributed by atoms with van der Waals surface area (Å²) in [6.45, 7) is 3.08. The Hall–Kier alpha value is -2.34. The highest BCUT2D eigenvalue weighted by Crippen LogP contribution is 2.33. The summed E-state index contributed by atoms with van der Waals surface area (Å²) in [5, 5.41) is 14.3. The molecule has 3 rings (SSSR count). The van der Waals surface area contributed by atoms with Crippen LogP contribution in [0.3, 0.4) is 0 Å². The van der Waals surface area contributed by atoms with Gasteiger partial charge in [0.25, 0.3) is 0 Å². The normalized spacial score (nSPS) is 20.0. The molecule has 0 spiro atoms. The van der Waals surface area contributed by atoms with Gasteiger partial charge in [-0.15, -0.1) is 0 Å². The number of carbonyl (C=O) groups excluding carboxylic acids is 1. The summed E-state index contributed by atoms with van der Waals surface area (Å²) in [7, 11) is 0. The van der Waals surface area contributed by atoms with Crippen LogP contribution in [0.4, 0.5) is 0 Å². The Morgan fingerprint density at radius 2 is 2.00 bits per heavy atom. The zero-order valence-corrected chi connectivity index (χ0v) is 14.7. The van der Waals surface area contributed by atoms with E-state index in [-0.39, 0.29) is 18.4 Å². The average molecular weight is 362 g/mol. The number of hydrogen-bond acceptors (Lipinski definition) is 3. The van der Waals surface area contributed by atoms with Crippen molar-refractivity contribution in [2.45, 2.75) is 25.8 Å². The number of likely N-dealkylation sites (tertiary alicyclic amines) is 1. The quantitative estimate of drug-likeness (QED) is 0.888. The molecule has 6 nitrogen and oxygen atoms in total. The Morgan fingerprint density at radius 1 is 1.28 bits per heavy atom. The third kappa shape index (κ3) is 4.02. The van der Waals surface area contributed by atoms with E-state index in [2.05, 4.69) is 5.10 Å². The zero-order chi connectivity index (χ0) is 18.0. The Bertz CT molecular complexity index is 772. The number of carboxylic acids is 1. The summed E-state index contributed by atoms with van der Waals surface area (Å²) in [4.78, 5) is 25.8. The molecule has 1 fully saturated rings. The van der Waals surface area contributed by atoms with E-state index in [9.17, 15) is 14.7 Å². The number of aliphatic carboxylic acids is 1. The number of carbonyl (C=O) groups is 2. The number of rotatable bonds is 5. The highest BCUT2D eigenvalue weighted by atomic mass is 35.5. The molecule has 1 saturated heterocycles. The van der Waals surface area contributed by atoms with Crippen molar-refractivity contribution in [1.29, 1.82) is 0 Å². The molecule has 1 aliphatic heterocycles. The minimum atomic E-state index is -0.877. The Morgan fingerprint density at radius 3 is 2.60 bits per heavy atom. The van der Waals surface area contributed by atoms with Gasteiger partial charge in [0.2, 0.25) is 5.91 Å². The van der Waals surface area contributed by atoms with E-state index in [0.717, 1.165) is 11.1 Å². The third-order valence-electron chi connectivity index (χ3n) is 4.61. The van der Waals surface area contributed by atoms with Crippen molar-refractivity contribution in [3.63, 3.8) is 0 Å². The molecule has 25 heavy (non-hydrogen) atoms. The largest absolute Gasteiger partial charge is 0.481 e. The van der Waals surface area contributed by atoms with Crippen molar-refractivity contribution in [3.05, 3.63) is 52.8 Å². The number of amides is 1. The molecule has 0 unspecified atom stereocenters. The number of benzene rings is 1. The summed E-state index contributed by atoms with van der Waals surface area (Å²) in [5.74, 6) is -1.74. The van der Waals surface area contributed by atoms with Crippen LogP contribution in [0.5, 0.6) is 0 Å². The fraction of sp³-hybridized carbons (Fsp3) is 0.389. The minimum absolute atomic E-state index is 0.0455. The zero-order valence-electron chi connectivity index (χ0n) is 13.9. The van der Waals surface area contributed by atoms with E-state index >= 15 is 0 Å². The van der Waals surface area contributed by atoms with Crippen LogP contribution < -0.4 is 0 Å². The molecule has 1 aromatic heterocycles. The number of aryl methyl sites for hydroxylation is 2. The monoisotopic (exact) mass is 361 g/mol. The van der Waals surface area contributed by atoms with Crippen LogP contribution in [0, 0.1) is 12.8 Å². The highest BCUT2D eigenvalue weighted by Gasteiger charge is 2.40.